The molecule has 2 nitrogen and oxygen atoms in total. The van der Waals surface area contributed by atoms with E-state index >= 15 is 0 Å². The van der Waals surface area contributed by atoms with Gasteiger partial charge in [0.2, 0.25) is 0 Å². The first-order valence-electron chi connectivity index (χ1n) is 5.53. The fourth-order valence-corrected chi connectivity index (χ4v) is 3.07. The molecule has 0 amide bonds. The van der Waals surface area contributed by atoms with E-state index in [2.05, 4.69) is 6.07 Å². The van der Waals surface area contributed by atoms with Crippen molar-refractivity contribution < 1.29 is 9.53 Å². The summed E-state index contributed by atoms with van der Waals surface area (Å²) in [6, 6.07) is 2.07. The molecule has 3 heteroatoms. The first-order valence-corrected chi connectivity index (χ1v) is 6.35. The number of carbonyl (C=O) groups is 1. The minimum Gasteiger partial charge on any atom is -0.374 e. The van der Waals surface area contributed by atoms with Crippen molar-refractivity contribution in [3.8, 4) is 0 Å². The molecule has 1 heterocycles. The third kappa shape index (κ3) is 2.47. The molecule has 0 aliphatic heterocycles. The van der Waals surface area contributed by atoms with Gasteiger partial charge in [-0.2, -0.15) is 0 Å². The lowest BCUT2D eigenvalue weighted by Gasteiger charge is -2.08. The molecule has 2 rings (SSSR count). The van der Waals surface area contributed by atoms with Gasteiger partial charge in [-0.1, -0.05) is 0 Å². The number of ketones is 1. The molecule has 1 aliphatic carbocycles. The van der Waals surface area contributed by atoms with Crippen LogP contribution in [0.1, 0.15) is 39.9 Å². The van der Waals surface area contributed by atoms with E-state index in [9.17, 15) is 4.79 Å². The number of fused-ring (bicyclic) bond motifs is 1. The van der Waals surface area contributed by atoms with Crippen LogP contribution in [0.5, 0.6) is 0 Å². The molecule has 0 N–H and O–H groups in total. The number of carbonyl (C=O) groups excluding carboxylic acids is 1. The molecule has 15 heavy (non-hydrogen) atoms. The van der Waals surface area contributed by atoms with Crippen LogP contribution in [0.4, 0.5) is 0 Å². The van der Waals surface area contributed by atoms with Crippen molar-refractivity contribution in [1.29, 1.82) is 0 Å². The predicted octanol–water partition coefficient (Wildman–Crippen LogP) is 2.85. The summed E-state index contributed by atoms with van der Waals surface area (Å²) >= 11 is 1.66. The second-order valence-electron chi connectivity index (χ2n) is 3.83. The van der Waals surface area contributed by atoms with E-state index in [1.54, 1.807) is 11.3 Å². The van der Waals surface area contributed by atoms with E-state index in [0.717, 1.165) is 17.7 Å². The lowest BCUT2D eigenvalue weighted by molar-refractivity contribution is 0.0787. The molecule has 1 aromatic rings. The van der Waals surface area contributed by atoms with Crippen LogP contribution in [0.3, 0.4) is 0 Å². The monoisotopic (exact) mass is 224 g/mol. The number of rotatable bonds is 4. The normalized spacial score (nSPS) is 15.0. The van der Waals surface area contributed by atoms with Gasteiger partial charge in [0, 0.05) is 11.5 Å². The number of hydrogen-bond donors (Lipinski definition) is 0. The molecule has 82 valence electrons. The average Bonchev–Trinajstić information content (AvgIpc) is 2.69. The highest BCUT2D eigenvalue weighted by molar-refractivity contribution is 7.14. The van der Waals surface area contributed by atoms with E-state index in [1.165, 1.54) is 23.3 Å². The molecule has 0 saturated carbocycles. The zero-order valence-electron chi connectivity index (χ0n) is 9.04. The molecule has 1 aliphatic rings. The minimum atomic E-state index is 0.135. The maximum absolute atomic E-state index is 11.7. The van der Waals surface area contributed by atoms with E-state index in [4.69, 9.17) is 4.74 Å². The van der Waals surface area contributed by atoms with Crippen molar-refractivity contribution in [3.63, 3.8) is 0 Å². The number of Topliss-reactive ketones (excluding diaryl/α,β-unsaturated/α-hetero) is 1. The molecular formula is C12H16O2S. The summed E-state index contributed by atoms with van der Waals surface area (Å²) in [6.07, 6.45) is 4.84. The van der Waals surface area contributed by atoms with Gasteiger partial charge < -0.3 is 4.74 Å². The third-order valence-corrected chi connectivity index (χ3v) is 3.99. The average molecular weight is 224 g/mol. The summed E-state index contributed by atoms with van der Waals surface area (Å²) in [6.45, 7) is 2.75. The molecule has 0 spiro atoms. The van der Waals surface area contributed by atoms with Gasteiger partial charge in [0.25, 0.3) is 0 Å². The van der Waals surface area contributed by atoms with Gasteiger partial charge in [-0.25, -0.2) is 0 Å². The Balaban J connectivity index is 2.08. The summed E-state index contributed by atoms with van der Waals surface area (Å²) in [7, 11) is 0. The van der Waals surface area contributed by atoms with Gasteiger partial charge in [-0.3, -0.25) is 4.79 Å². The predicted molar refractivity (Wildman–Crippen MR) is 61.8 cm³/mol. The van der Waals surface area contributed by atoms with Crippen LogP contribution in [0, 0.1) is 0 Å². The zero-order valence-corrected chi connectivity index (χ0v) is 9.86. The van der Waals surface area contributed by atoms with Crippen LogP contribution >= 0.6 is 11.3 Å². The first-order chi connectivity index (χ1) is 7.31. The van der Waals surface area contributed by atoms with Crippen molar-refractivity contribution in [2.45, 2.75) is 32.6 Å². The van der Waals surface area contributed by atoms with E-state index in [0.29, 0.717) is 6.61 Å². The van der Waals surface area contributed by atoms with Crippen molar-refractivity contribution >= 4 is 17.1 Å². The van der Waals surface area contributed by atoms with Gasteiger partial charge in [0.15, 0.2) is 5.78 Å². The highest BCUT2D eigenvalue weighted by atomic mass is 32.1. The van der Waals surface area contributed by atoms with Crippen LogP contribution in [0.2, 0.25) is 0 Å². The lowest BCUT2D eigenvalue weighted by atomic mass is 9.99. The summed E-state index contributed by atoms with van der Waals surface area (Å²) in [5.41, 5.74) is 1.39. The minimum absolute atomic E-state index is 0.135. The molecule has 1 aromatic heterocycles. The Bertz CT molecular complexity index is 331. The Kier molecular flexibility index (Phi) is 3.54. The van der Waals surface area contributed by atoms with Crippen molar-refractivity contribution in [2.24, 2.45) is 0 Å². The summed E-state index contributed by atoms with van der Waals surface area (Å²) in [5, 5.41) is 0. The summed E-state index contributed by atoms with van der Waals surface area (Å²) in [4.78, 5) is 14.0. The Morgan fingerprint density at radius 2 is 2.27 bits per heavy atom. The molecule has 0 radical (unpaired) electrons. The van der Waals surface area contributed by atoms with E-state index in [1.807, 2.05) is 6.92 Å². The summed E-state index contributed by atoms with van der Waals surface area (Å²) in [5.74, 6) is 0.135. The molecule has 0 fully saturated rings. The molecule has 0 unspecified atom stereocenters. The number of thiophene rings is 1. The fourth-order valence-electron chi connectivity index (χ4n) is 1.89. The van der Waals surface area contributed by atoms with Crippen molar-refractivity contribution in [2.75, 3.05) is 13.2 Å². The third-order valence-electron chi connectivity index (χ3n) is 2.71. The quantitative estimate of drug-likeness (QED) is 0.735. The van der Waals surface area contributed by atoms with Gasteiger partial charge >= 0.3 is 0 Å². The zero-order chi connectivity index (χ0) is 10.7. The number of ether oxygens (including phenoxy) is 1. The molecule has 0 atom stereocenters. The van der Waals surface area contributed by atoms with E-state index in [-0.39, 0.29) is 12.4 Å². The fraction of sp³-hybridized carbons (Fsp3) is 0.583. The van der Waals surface area contributed by atoms with Crippen molar-refractivity contribution in [3.05, 3.63) is 21.4 Å². The van der Waals surface area contributed by atoms with E-state index < -0.39 is 0 Å². The molecular weight excluding hydrogens is 208 g/mol. The lowest BCUT2D eigenvalue weighted by Crippen LogP contribution is -2.06. The van der Waals surface area contributed by atoms with Crippen LogP contribution < -0.4 is 0 Å². The largest absolute Gasteiger partial charge is 0.374 e. The highest BCUT2D eigenvalue weighted by Crippen LogP contribution is 2.29. The van der Waals surface area contributed by atoms with Crippen LogP contribution in [-0.2, 0) is 17.6 Å². The van der Waals surface area contributed by atoms with Gasteiger partial charge in [-0.05, 0) is 44.2 Å². The van der Waals surface area contributed by atoms with Gasteiger partial charge in [0.05, 0.1) is 4.88 Å². The first kappa shape index (κ1) is 10.8. The van der Waals surface area contributed by atoms with Crippen LogP contribution in [-0.4, -0.2) is 19.0 Å². The van der Waals surface area contributed by atoms with Crippen LogP contribution in [0.25, 0.3) is 0 Å². The highest BCUT2D eigenvalue weighted by Gasteiger charge is 2.16. The smallest absolute Gasteiger partial charge is 0.198 e. The number of hydrogen-bond acceptors (Lipinski definition) is 3. The second kappa shape index (κ2) is 4.90. The second-order valence-corrected chi connectivity index (χ2v) is 4.96. The standard InChI is InChI=1S/C12H16O2S/c1-2-14-8-10(13)12-7-9-5-3-4-6-11(9)15-12/h7H,2-6,8H2,1H3. The van der Waals surface area contributed by atoms with Gasteiger partial charge in [-0.15, -0.1) is 11.3 Å². The Morgan fingerprint density at radius 3 is 3.00 bits per heavy atom. The Labute approximate surface area is 94.3 Å². The molecule has 0 saturated heterocycles. The maximum atomic E-state index is 11.7. The molecule has 0 bridgehead atoms. The molecule has 0 aromatic carbocycles. The Morgan fingerprint density at radius 1 is 1.47 bits per heavy atom. The topological polar surface area (TPSA) is 26.3 Å². The van der Waals surface area contributed by atoms with Crippen molar-refractivity contribution in [1.82, 2.24) is 0 Å². The van der Waals surface area contributed by atoms with Crippen LogP contribution in [0.15, 0.2) is 6.07 Å². The Hall–Kier alpha value is -0.670. The van der Waals surface area contributed by atoms with Gasteiger partial charge in [0.1, 0.15) is 6.61 Å². The summed E-state index contributed by atoms with van der Waals surface area (Å²) < 4.78 is 5.14. The SMILES string of the molecule is CCOCC(=O)c1cc2c(s1)CCCC2. The number of aryl methyl sites for hydroxylation is 2. The maximum Gasteiger partial charge on any atom is 0.198 e.